The highest BCUT2D eigenvalue weighted by Crippen LogP contribution is 2.26. The molecule has 0 saturated carbocycles. The van der Waals surface area contributed by atoms with E-state index in [1.165, 1.54) is 0 Å². The Hall–Kier alpha value is -1.69. The summed E-state index contributed by atoms with van der Waals surface area (Å²) < 4.78 is 63.8. The summed E-state index contributed by atoms with van der Waals surface area (Å²) in [5.74, 6) is 0.300. The van der Waals surface area contributed by atoms with Crippen LogP contribution in [0.3, 0.4) is 0 Å². The lowest BCUT2D eigenvalue weighted by molar-refractivity contribution is 0.0691. The Morgan fingerprint density at radius 2 is 0.891 bits per heavy atom. The smallest absolute Gasteiger partial charge is 0.445 e. The molecule has 0 rings (SSSR count). The summed E-state index contributed by atoms with van der Waals surface area (Å²) >= 11 is 0. The first-order valence-corrected chi connectivity index (χ1v) is 26.2. The molecule has 0 fully saturated rings. The Bertz CT molecular complexity index is 973. The maximum Gasteiger partial charge on any atom is 0.500 e. The fourth-order valence-electron chi connectivity index (χ4n) is 5.82. The molecule has 1 atom stereocenters. The lowest BCUT2D eigenvalue weighted by atomic mass is 9.96. The van der Waals surface area contributed by atoms with Crippen molar-refractivity contribution in [3.05, 3.63) is 24.3 Å². The predicted octanol–water partition coefficient (Wildman–Crippen LogP) is 7.26. The van der Waals surface area contributed by atoms with Crippen LogP contribution in [0, 0.1) is 5.92 Å². The summed E-state index contributed by atoms with van der Waals surface area (Å²) in [4.78, 5) is 24.5. The lowest BCUT2D eigenvalue weighted by Gasteiger charge is -2.29. The summed E-state index contributed by atoms with van der Waals surface area (Å²) in [6.45, 7) is 20.8. The van der Waals surface area contributed by atoms with Crippen molar-refractivity contribution in [1.29, 1.82) is 0 Å². The molecule has 2 amide bonds. The largest absolute Gasteiger partial charge is 0.500 e. The van der Waals surface area contributed by atoms with Gasteiger partial charge in [0, 0.05) is 91.2 Å². The molecule has 0 aliphatic rings. The summed E-state index contributed by atoms with van der Waals surface area (Å²) in [6.07, 6.45) is 11.5. The average molecular weight is 841 g/mol. The molecule has 0 aliphatic heterocycles. The van der Waals surface area contributed by atoms with E-state index < -0.39 is 38.6 Å². The van der Waals surface area contributed by atoms with Gasteiger partial charge < -0.3 is 59.9 Å². The topological polar surface area (TPSA) is 160 Å². The van der Waals surface area contributed by atoms with E-state index in [0.717, 1.165) is 25.7 Å². The molecule has 0 radical (unpaired) electrons. The molecular formula is C37H76N2O13Si3. The fourth-order valence-corrected chi connectivity index (χ4v) is 13.5. The Morgan fingerprint density at radius 3 is 1.31 bits per heavy atom. The van der Waals surface area contributed by atoms with Crippen LogP contribution in [0.4, 0.5) is 9.59 Å². The van der Waals surface area contributed by atoms with Crippen molar-refractivity contribution in [3.8, 4) is 0 Å². The van der Waals surface area contributed by atoms with Crippen LogP contribution in [0.1, 0.15) is 93.9 Å². The van der Waals surface area contributed by atoms with Crippen LogP contribution in [0.2, 0.25) is 18.1 Å². The Kier molecular flexibility index (Phi) is 33.3. The van der Waals surface area contributed by atoms with Gasteiger partial charge in [0.15, 0.2) is 0 Å². The van der Waals surface area contributed by atoms with Crippen LogP contribution in [0.25, 0.3) is 0 Å². The number of carbonyl (C=O) groups excluding carboxylic acids is 2. The van der Waals surface area contributed by atoms with Crippen LogP contribution in [-0.2, 0) is 49.3 Å². The zero-order valence-corrected chi connectivity index (χ0v) is 38.5. The molecule has 0 aromatic carbocycles. The fraction of sp³-hybridized carbons (Fsp3) is 0.838. The van der Waals surface area contributed by atoms with Crippen molar-refractivity contribution in [1.82, 2.24) is 10.6 Å². The second-order valence-electron chi connectivity index (χ2n) is 12.1. The van der Waals surface area contributed by atoms with E-state index in [1.807, 2.05) is 79.7 Å². The van der Waals surface area contributed by atoms with Gasteiger partial charge in [-0.2, -0.15) is 0 Å². The molecule has 18 heteroatoms. The van der Waals surface area contributed by atoms with E-state index >= 15 is 0 Å². The zero-order valence-electron chi connectivity index (χ0n) is 35.5. The van der Waals surface area contributed by atoms with E-state index in [4.69, 9.17) is 49.3 Å². The molecule has 0 aromatic rings. The van der Waals surface area contributed by atoms with Crippen molar-refractivity contribution < 1.29 is 58.9 Å². The molecule has 0 aromatic heterocycles. The standard InChI is InChI=1S/C37H76N2O13Si3/c1-10-45-53(42-9,46-11-2)32-23-28-38-37(41)44-31-22-20-26-35(27-34-55(50-15-6,51-16-7)52-17-8)25-19-18-21-30-43-36(40)39-29-24-33-54(47-12-3,48-13-4)49-14-5/h18,20-22,35H,10-17,19,23-34H2,1-9H3,(H,38,41)(H,39,40)/b21-18+,22-20+. The molecule has 15 nitrogen and oxygen atoms in total. The number of hydrogen-bond donors (Lipinski definition) is 2. The SMILES string of the molecule is CCO[Si](CCCNC(=O)OC/C=C/CC(CC/C=C/COC(=O)NCCC[Si](OCC)(OCC)OCC)CC[Si](OCC)(OCC)OCC)(OC)OCC. The van der Waals surface area contributed by atoms with Crippen LogP contribution in [-0.4, -0.2) is 125 Å². The highest BCUT2D eigenvalue weighted by molar-refractivity contribution is 6.61. The Morgan fingerprint density at radius 1 is 0.509 bits per heavy atom. The molecule has 55 heavy (non-hydrogen) atoms. The number of ether oxygens (including phenoxy) is 2. The van der Waals surface area contributed by atoms with Crippen LogP contribution < -0.4 is 10.6 Å². The van der Waals surface area contributed by atoms with Crippen molar-refractivity contribution >= 4 is 38.6 Å². The van der Waals surface area contributed by atoms with E-state index in [-0.39, 0.29) is 13.2 Å². The summed E-state index contributed by atoms with van der Waals surface area (Å²) in [5, 5.41) is 5.58. The average Bonchev–Trinajstić information content (AvgIpc) is 3.15. The van der Waals surface area contributed by atoms with Gasteiger partial charge in [0.1, 0.15) is 13.2 Å². The summed E-state index contributed by atoms with van der Waals surface area (Å²) in [7, 11) is -6.66. The first-order valence-electron chi connectivity index (χ1n) is 20.4. The maximum atomic E-state index is 12.3. The van der Waals surface area contributed by atoms with Gasteiger partial charge in [-0.05, 0) is 99.8 Å². The number of carbonyl (C=O) groups is 2. The molecule has 2 N–H and O–H groups in total. The van der Waals surface area contributed by atoms with Gasteiger partial charge in [0.2, 0.25) is 0 Å². The third kappa shape index (κ3) is 25.3. The summed E-state index contributed by atoms with van der Waals surface area (Å²) in [6, 6.07) is 1.93. The van der Waals surface area contributed by atoms with Gasteiger partial charge in [0.25, 0.3) is 0 Å². The minimum Gasteiger partial charge on any atom is -0.445 e. The van der Waals surface area contributed by atoms with Crippen molar-refractivity contribution in [2.75, 3.05) is 86.3 Å². The number of allylic oxidation sites excluding steroid dienone is 2. The van der Waals surface area contributed by atoms with Crippen LogP contribution in [0.15, 0.2) is 24.3 Å². The first kappa shape index (κ1) is 53.3. The van der Waals surface area contributed by atoms with E-state index in [9.17, 15) is 9.59 Å². The highest BCUT2D eigenvalue weighted by atomic mass is 28.4. The third-order valence-electron chi connectivity index (χ3n) is 8.11. The van der Waals surface area contributed by atoms with Gasteiger partial charge in [-0.1, -0.05) is 24.3 Å². The monoisotopic (exact) mass is 840 g/mol. The van der Waals surface area contributed by atoms with Crippen molar-refractivity contribution in [3.63, 3.8) is 0 Å². The number of nitrogens with one attached hydrogen (secondary N) is 2. The van der Waals surface area contributed by atoms with E-state index in [1.54, 1.807) is 7.11 Å². The molecule has 1 unspecified atom stereocenters. The van der Waals surface area contributed by atoms with E-state index in [0.29, 0.717) is 103 Å². The molecule has 0 heterocycles. The number of amides is 2. The third-order valence-corrected chi connectivity index (χ3v) is 17.4. The van der Waals surface area contributed by atoms with Gasteiger partial charge in [-0.25, -0.2) is 9.59 Å². The molecule has 0 bridgehead atoms. The van der Waals surface area contributed by atoms with Gasteiger partial charge in [0.05, 0.1) is 0 Å². The normalized spacial score (nSPS) is 13.1. The second-order valence-corrected chi connectivity index (χ2v) is 20.5. The predicted molar refractivity (Wildman–Crippen MR) is 220 cm³/mol. The lowest BCUT2D eigenvalue weighted by Crippen LogP contribution is -2.46. The van der Waals surface area contributed by atoms with Crippen molar-refractivity contribution in [2.45, 2.75) is 112 Å². The van der Waals surface area contributed by atoms with Gasteiger partial charge in [-0.15, -0.1) is 0 Å². The molecule has 324 valence electrons. The molecule has 0 saturated heterocycles. The summed E-state index contributed by atoms with van der Waals surface area (Å²) in [5.41, 5.74) is 0. The molecule has 0 aliphatic carbocycles. The quantitative estimate of drug-likeness (QED) is 0.0366. The zero-order chi connectivity index (χ0) is 41.1. The van der Waals surface area contributed by atoms with Gasteiger partial charge >= 0.3 is 38.6 Å². The minimum atomic E-state index is -2.80. The Labute approximate surface area is 335 Å². The highest BCUT2D eigenvalue weighted by Gasteiger charge is 2.41. The number of alkyl carbamates (subject to hydrolysis) is 2. The minimum absolute atomic E-state index is 0.163. The van der Waals surface area contributed by atoms with Crippen molar-refractivity contribution in [2.24, 2.45) is 5.92 Å². The van der Waals surface area contributed by atoms with Crippen LogP contribution >= 0.6 is 0 Å². The first-order chi connectivity index (χ1) is 26.6. The second kappa shape index (κ2) is 34.4. The Balaban J connectivity index is 4.98. The molecule has 0 spiro atoms. The number of rotatable bonds is 37. The number of hydrogen-bond acceptors (Lipinski definition) is 13. The van der Waals surface area contributed by atoms with E-state index in [2.05, 4.69) is 10.6 Å². The van der Waals surface area contributed by atoms with Gasteiger partial charge in [-0.3, -0.25) is 0 Å². The van der Waals surface area contributed by atoms with Crippen LogP contribution in [0.5, 0.6) is 0 Å². The molecular weight excluding hydrogens is 765 g/mol. The maximum absolute atomic E-state index is 12.3.